The van der Waals surface area contributed by atoms with Gasteiger partial charge in [-0.3, -0.25) is 9.59 Å². The molecule has 5 rings (SSSR count). The quantitative estimate of drug-likeness (QED) is 0.525. The van der Waals surface area contributed by atoms with Crippen molar-refractivity contribution in [2.24, 2.45) is 5.92 Å². The summed E-state index contributed by atoms with van der Waals surface area (Å²) >= 11 is 0. The van der Waals surface area contributed by atoms with Crippen LogP contribution in [0.15, 0.2) is 40.9 Å². The molecule has 3 fully saturated rings. The number of nitrogens with one attached hydrogen (secondary N) is 1. The molecule has 2 saturated heterocycles. The summed E-state index contributed by atoms with van der Waals surface area (Å²) in [4.78, 5) is 42.7. The van der Waals surface area contributed by atoms with Crippen molar-refractivity contribution in [1.29, 1.82) is 0 Å². The predicted molar refractivity (Wildman–Crippen MR) is 150 cm³/mol. The number of hydrogen-bond acceptors (Lipinski definition) is 6. The Labute approximate surface area is 236 Å². The molecule has 9 heteroatoms. The highest BCUT2D eigenvalue weighted by atomic mass is 16.6. The van der Waals surface area contributed by atoms with Crippen LogP contribution >= 0.6 is 0 Å². The Morgan fingerprint density at radius 2 is 1.75 bits per heavy atom. The first-order chi connectivity index (χ1) is 19.1. The van der Waals surface area contributed by atoms with E-state index in [1.165, 1.54) is 5.56 Å². The van der Waals surface area contributed by atoms with Crippen molar-refractivity contribution in [3.63, 3.8) is 0 Å². The molecule has 2 aromatic rings. The number of piperidine rings is 2. The molecule has 2 aliphatic heterocycles. The minimum Gasteiger partial charge on any atom is -0.444 e. The standard InChI is InChI=1S/C31H42N4O5/c1-31(2,3)39-30(38)34-14-11-22(12-15-34)18-28(36)35-16-13-24(19-25(35)17-21-7-5-4-6-8-21)32-29(37)26-20-27(40-33-26)23-9-10-23/h4-8,20,22-25H,9-19H2,1-3H3,(H,32,37)/t24-,25-/m0/s1. The van der Waals surface area contributed by atoms with Crippen molar-refractivity contribution < 1.29 is 23.6 Å². The smallest absolute Gasteiger partial charge is 0.410 e. The van der Waals surface area contributed by atoms with Crippen LogP contribution in [0.2, 0.25) is 0 Å². The van der Waals surface area contributed by atoms with Crippen LogP contribution < -0.4 is 5.32 Å². The lowest BCUT2D eigenvalue weighted by Crippen LogP contribution is -2.53. The number of aromatic nitrogens is 1. The molecule has 1 aliphatic carbocycles. The normalized spacial score (nSPS) is 22.2. The van der Waals surface area contributed by atoms with Crippen molar-refractivity contribution >= 4 is 17.9 Å². The van der Waals surface area contributed by atoms with Crippen molar-refractivity contribution in [2.75, 3.05) is 19.6 Å². The summed E-state index contributed by atoms with van der Waals surface area (Å²) in [5, 5.41) is 7.13. The van der Waals surface area contributed by atoms with E-state index in [0.29, 0.717) is 50.5 Å². The third kappa shape index (κ3) is 7.43. The lowest BCUT2D eigenvalue weighted by Gasteiger charge is -2.41. The Kier molecular flexibility index (Phi) is 8.47. The third-order valence-electron chi connectivity index (χ3n) is 8.16. The summed E-state index contributed by atoms with van der Waals surface area (Å²) in [6.07, 6.45) is 6.10. The van der Waals surface area contributed by atoms with Gasteiger partial charge in [-0.15, -0.1) is 0 Å². The maximum absolute atomic E-state index is 13.6. The Morgan fingerprint density at radius 3 is 2.42 bits per heavy atom. The second kappa shape index (κ2) is 12.0. The molecule has 216 valence electrons. The highest BCUT2D eigenvalue weighted by Crippen LogP contribution is 2.40. The summed E-state index contributed by atoms with van der Waals surface area (Å²) in [6, 6.07) is 11.9. The Balaban J connectivity index is 1.17. The maximum Gasteiger partial charge on any atom is 0.410 e. The molecule has 1 aromatic carbocycles. The van der Waals surface area contributed by atoms with E-state index in [1.54, 1.807) is 11.0 Å². The van der Waals surface area contributed by atoms with E-state index in [4.69, 9.17) is 9.26 Å². The van der Waals surface area contributed by atoms with Crippen LogP contribution in [0.1, 0.15) is 93.4 Å². The van der Waals surface area contributed by atoms with E-state index in [1.807, 2.05) is 43.9 Å². The van der Waals surface area contributed by atoms with Crippen LogP contribution in [-0.2, 0) is 16.0 Å². The van der Waals surface area contributed by atoms with Gasteiger partial charge in [0, 0.05) is 50.1 Å². The molecule has 3 aliphatic rings. The molecule has 1 saturated carbocycles. The molecule has 0 spiro atoms. The predicted octanol–water partition coefficient (Wildman–Crippen LogP) is 4.92. The van der Waals surface area contributed by atoms with Gasteiger partial charge in [-0.2, -0.15) is 0 Å². The highest BCUT2D eigenvalue weighted by Gasteiger charge is 2.35. The molecule has 9 nitrogen and oxygen atoms in total. The van der Waals surface area contributed by atoms with Gasteiger partial charge in [-0.05, 0) is 77.2 Å². The Morgan fingerprint density at radius 1 is 1.02 bits per heavy atom. The monoisotopic (exact) mass is 550 g/mol. The van der Waals surface area contributed by atoms with Crippen LogP contribution in [-0.4, -0.2) is 70.2 Å². The zero-order valence-electron chi connectivity index (χ0n) is 23.9. The van der Waals surface area contributed by atoms with Crippen LogP contribution in [0.4, 0.5) is 4.79 Å². The minimum absolute atomic E-state index is 0.00450. The molecular formula is C31H42N4O5. The topological polar surface area (TPSA) is 105 Å². The number of rotatable bonds is 7. The molecule has 3 amide bonds. The fraction of sp³-hybridized carbons (Fsp3) is 0.613. The van der Waals surface area contributed by atoms with Gasteiger partial charge in [-0.25, -0.2) is 4.79 Å². The first kappa shape index (κ1) is 28.2. The number of nitrogens with zero attached hydrogens (tertiary/aromatic N) is 3. The van der Waals surface area contributed by atoms with Crippen molar-refractivity contribution in [2.45, 2.75) is 95.7 Å². The summed E-state index contributed by atoms with van der Waals surface area (Å²) in [5.41, 5.74) is 0.990. The number of ether oxygens (including phenoxy) is 1. The number of benzene rings is 1. The van der Waals surface area contributed by atoms with E-state index in [-0.39, 0.29) is 35.9 Å². The highest BCUT2D eigenvalue weighted by molar-refractivity contribution is 5.92. The van der Waals surface area contributed by atoms with E-state index in [0.717, 1.165) is 37.9 Å². The van der Waals surface area contributed by atoms with Crippen molar-refractivity contribution in [1.82, 2.24) is 20.3 Å². The van der Waals surface area contributed by atoms with Crippen LogP contribution in [0, 0.1) is 5.92 Å². The number of carbonyl (C=O) groups excluding carboxylic acids is 3. The fourth-order valence-corrected chi connectivity index (χ4v) is 5.82. The molecule has 40 heavy (non-hydrogen) atoms. The van der Waals surface area contributed by atoms with Crippen molar-refractivity contribution in [3.8, 4) is 0 Å². The number of likely N-dealkylation sites (tertiary alicyclic amines) is 2. The lowest BCUT2D eigenvalue weighted by molar-refractivity contribution is -0.136. The second-order valence-corrected chi connectivity index (χ2v) is 12.6. The molecular weight excluding hydrogens is 508 g/mol. The summed E-state index contributed by atoms with van der Waals surface area (Å²) in [7, 11) is 0. The molecule has 0 unspecified atom stereocenters. The van der Waals surface area contributed by atoms with Gasteiger partial charge in [-0.1, -0.05) is 35.5 Å². The molecule has 0 radical (unpaired) electrons. The van der Waals surface area contributed by atoms with Gasteiger partial charge in [0.1, 0.15) is 11.4 Å². The molecule has 1 aromatic heterocycles. The largest absolute Gasteiger partial charge is 0.444 e. The minimum atomic E-state index is -0.516. The van der Waals surface area contributed by atoms with Gasteiger partial charge >= 0.3 is 6.09 Å². The molecule has 3 heterocycles. The lowest BCUT2D eigenvalue weighted by atomic mass is 9.89. The number of amides is 3. The van der Waals surface area contributed by atoms with Gasteiger partial charge in [0.05, 0.1) is 0 Å². The van der Waals surface area contributed by atoms with Crippen molar-refractivity contribution in [3.05, 3.63) is 53.4 Å². The van der Waals surface area contributed by atoms with Gasteiger partial charge in [0.25, 0.3) is 5.91 Å². The fourth-order valence-electron chi connectivity index (χ4n) is 5.82. The average molecular weight is 551 g/mol. The molecule has 2 atom stereocenters. The summed E-state index contributed by atoms with van der Waals surface area (Å²) in [6.45, 7) is 7.43. The van der Waals surface area contributed by atoms with E-state index < -0.39 is 5.60 Å². The number of carbonyl (C=O) groups is 3. The zero-order chi connectivity index (χ0) is 28.3. The SMILES string of the molecule is CC(C)(C)OC(=O)N1CCC(CC(=O)N2CC[C@H](NC(=O)c3cc(C4CC4)on3)C[C@@H]2Cc2ccccc2)CC1. The zero-order valence-corrected chi connectivity index (χ0v) is 23.9. The first-order valence-corrected chi connectivity index (χ1v) is 14.7. The van der Waals surface area contributed by atoms with Gasteiger partial charge in [0.2, 0.25) is 5.91 Å². The average Bonchev–Trinajstić information content (AvgIpc) is 3.64. The summed E-state index contributed by atoms with van der Waals surface area (Å²) in [5.74, 6) is 1.39. The third-order valence-corrected chi connectivity index (χ3v) is 8.16. The van der Waals surface area contributed by atoms with Crippen LogP contribution in [0.5, 0.6) is 0 Å². The van der Waals surface area contributed by atoms with Crippen LogP contribution in [0.3, 0.4) is 0 Å². The van der Waals surface area contributed by atoms with Gasteiger partial charge in [0.15, 0.2) is 5.69 Å². The summed E-state index contributed by atoms with van der Waals surface area (Å²) < 4.78 is 10.9. The first-order valence-electron chi connectivity index (χ1n) is 14.7. The van der Waals surface area contributed by atoms with Crippen LogP contribution in [0.25, 0.3) is 0 Å². The molecule has 0 bridgehead atoms. The van der Waals surface area contributed by atoms with E-state index in [9.17, 15) is 14.4 Å². The number of hydrogen-bond donors (Lipinski definition) is 1. The Bertz CT molecular complexity index is 1180. The van der Waals surface area contributed by atoms with E-state index >= 15 is 0 Å². The Hall–Kier alpha value is -3.36. The van der Waals surface area contributed by atoms with Gasteiger partial charge < -0.3 is 24.4 Å². The van der Waals surface area contributed by atoms with E-state index in [2.05, 4.69) is 22.6 Å². The molecule has 1 N–H and O–H groups in total. The second-order valence-electron chi connectivity index (χ2n) is 12.6. The maximum atomic E-state index is 13.6.